The van der Waals surface area contributed by atoms with Crippen LogP contribution >= 0.6 is 0 Å². The molecule has 2 aliphatic heterocycles. The van der Waals surface area contributed by atoms with Crippen molar-refractivity contribution in [2.24, 2.45) is 5.92 Å². The maximum atomic E-state index is 13.0. The van der Waals surface area contributed by atoms with Gasteiger partial charge in [0.25, 0.3) is 0 Å². The number of hydrogen-bond donors (Lipinski definition) is 1. The highest BCUT2D eigenvalue weighted by molar-refractivity contribution is 7.89. The number of piperidine rings is 1. The molecule has 0 saturated carbocycles. The van der Waals surface area contributed by atoms with Crippen LogP contribution in [-0.4, -0.2) is 45.1 Å². The summed E-state index contributed by atoms with van der Waals surface area (Å²) in [5.74, 6) is 1.44. The summed E-state index contributed by atoms with van der Waals surface area (Å²) in [6.07, 6.45) is 1.29. The minimum atomic E-state index is -3.67. The van der Waals surface area contributed by atoms with Gasteiger partial charge in [0.05, 0.1) is 17.4 Å². The summed E-state index contributed by atoms with van der Waals surface area (Å²) < 4.78 is 43.5. The van der Waals surface area contributed by atoms with Crippen LogP contribution in [0, 0.1) is 5.92 Å². The van der Waals surface area contributed by atoms with Crippen LogP contribution in [0.3, 0.4) is 0 Å². The standard InChI is InChI=1S/C22H26N2O6S/c1-2-28-18-6-8-19(9-7-18)31(26,27)24-11-3-4-17(14-24)22(25)23-13-16-5-10-20-21(12-16)30-15-29-20/h5-10,12,17H,2-4,11,13-15H2,1H3,(H,23,25)/t17-/m0/s1. The van der Waals surface area contributed by atoms with Crippen molar-refractivity contribution < 1.29 is 27.4 Å². The third kappa shape index (κ3) is 4.77. The molecule has 2 aliphatic rings. The molecule has 1 N–H and O–H groups in total. The molecular weight excluding hydrogens is 420 g/mol. The maximum Gasteiger partial charge on any atom is 0.243 e. The Morgan fingerprint density at radius 3 is 2.71 bits per heavy atom. The van der Waals surface area contributed by atoms with Crippen molar-refractivity contribution in [2.75, 3.05) is 26.5 Å². The fourth-order valence-electron chi connectivity index (χ4n) is 3.78. The fourth-order valence-corrected chi connectivity index (χ4v) is 5.31. The molecule has 0 aromatic heterocycles. The minimum Gasteiger partial charge on any atom is -0.494 e. The topological polar surface area (TPSA) is 94.2 Å². The zero-order valence-corrected chi connectivity index (χ0v) is 18.2. The average molecular weight is 447 g/mol. The highest BCUT2D eigenvalue weighted by atomic mass is 32.2. The van der Waals surface area contributed by atoms with Crippen molar-refractivity contribution in [3.05, 3.63) is 48.0 Å². The number of rotatable bonds is 7. The van der Waals surface area contributed by atoms with Crippen molar-refractivity contribution in [2.45, 2.75) is 31.2 Å². The Morgan fingerprint density at radius 1 is 1.16 bits per heavy atom. The third-order valence-corrected chi connectivity index (χ3v) is 7.31. The summed E-state index contributed by atoms with van der Waals surface area (Å²) >= 11 is 0. The second-order valence-corrected chi connectivity index (χ2v) is 9.45. The molecule has 0 spiro atoms. The summed E-state index contributed by atoms with van der Waals surface area (Å²) in [7, 11) is -3.67. The molecule has 4 rings (SSSR count). The second kappa shape index (κ2) is 9.15. The van der Waals surface area contributed by atoms with Gasteiger partial charge in [-0.1, -0.05) is 6.07 Å². The number of nitrogens with zero attached hydrogens (tertiary/aromatic N) is 1. The maximum absolute atomic E-state index is 13.0. The first kappa shape index (κ1) is 21.5. The van der Waals surface area contributed by atoms with Gasteiger partial charge in [-0.2, -0.15) is 4.31 Å². The van der Waals surface area contributed by atoms with Crippen molar-refractivity contribution in [1.82, 2.24) is 9.62 Å². The van der Waals surface area contributed by atoms with Gasteiger partial charge in [-0.15, -0.1) is 0 Å². The molecule has 0 radical (unpaired) electrons. The normalized spacial score (nSPS) is 18.5. The third-order valence-electron chi connectivity index (χ3n) is 5.43. The molecular formula is C22H26N2O6S. The molecule has 0 unspecified atom stereocenters. The van der Waals surface area contributed by atoms with Crippen molar-refractivity contribution >= 4 is 15.9 Å². The summed E-state index contributed by atoms with van der Waals surface area (Å²) in [5.41, 5.74) is 0.896. The van der Waals surface area contributed by atoms with Gasteiger partial charge in [0.1, 0.15) is 5.75 Å². The lowest BCUT2D eigenvalue weighted by molar-refractivity contribution is -0.126. The minimum absolute atomic E-state index is 0.149. The van der Waals surface area contributed by atoms with E-state index in [0.717, 1.165) is 5.56 Å². The van der Waals surface area contributed by atoms with E-state index >= 15 is 0 Å². The molecule has 2 aromatic rings. The summed E-state index contributed by atoms with van der Waals surface area (Å²) in [4.78, 5) is 12.9. The largest absolute Gasteiger partial charge is 0.494 e. The number of carbonyl (C=O) groups is 1. The second-order valence-electron chi connectivity index (χ2n) is 7.51. The zero-order valence-electron chi connectivity index (χ0n) is 17.4. The molecule has 1 saturated heterocycles. The Balaban J connectivity index is 1.37. The fraction of sp³-hybridized carbons (Fsp3) is 0.409. The van der Waals surface area contributed by atoms with Crippen molar-refractivity contribution in [1.29, 1.82) is 0 Å². The van der Waals surface area contributed by atoms with E-state index in [1.165, 1.54) is 4.31 Å². The number of sulfonamides is 1. The Kier molecular flexibility index (Phi) is 6.33. The Labute approximate surface area is 182 Å². The van der Waals surface area contributed by atoms with Gasteiger partial charge in [-0.05, 0) is 61.7 Å². The smallest absolute Gasteiger partial charge is 0.243 e. The lowest BCUT2D eigenvalue weighted by Gasteiger charge is -2.31. The zero-order chi connectivity index (χ0) is 21.8. The van der Waals surface area contributed by atoms with Gasteiger partial charge < -0.3 is 19.5 Å². The lowest BCUT2D eigenvalue weighted by Crippen LogP contribution is -2.45. The number of carbonyl (C=O) groups excluding carboxylic acids is 1. The molecule has 2 heterocycles. The number of ether oxygens (including phenoxy) is 3. The van der Waals surface area contributed by atoms with E-state index in [0.29, 0.717) is 49.8 Å². The van der Waals surface area contributed by atoms with Crippen LogP contribution in [0.1, 0.15) is 25.3 Å². The summed E-state index contributed by atoms with van der Waals surface area (Å²) in [5, 5.41) is 2.92. The molecule has 1 atom stereocenters. The predicted molar refractivity (Wildman–Crippen MR) is 114 cm³/mol. The van der Waals surface area contributed by atoms with Gasteiger partial charge in [0, 0.05) is 19.6 Å². The monoisotopic (exact) mass is 446 g/mol. The molecule has 166 valence electrons. The Bertz CT molecular complexity index is 1040. The summed E-state index contributed by atoms with van der Waals surface area (Å²) in [6, 6.07) is 11.9. The number of nitrogens with one attached hydrogen (secondary N) is 1. The number of benzene rings is 2. The molecule has 2 aromatic carbocycles. The van der Waals surface area contributed by atoms with E-state index in [9.17, 15) is 13.2 Å². The van der Waals surface area contributed by atoms with Crippen LogP contribution in [0.2, 0.25) is 0 Å². The highest BCUT2D eigenvalue weighted by Gasteiger charge is 2.33. The number of fused-ring (bicyclic) bond motifs is 1. The van der Waals surface area contributed by atoms with Crippen LogP contribution in [0.5, 0.6) is 17.2 Å². The first-order valence-electron chi connectivity index (χ1n) is 10.4. The van der Waals surface area contributed by atoms with Gasteiger partial charge >= 0.3 is 0 Å². The van der Waals surface area contributed by atoms with Gasteiger partial charge in [-0.25, -0.2) is 8.42 Å². The van der Waals surface area contributed by atoms with Crippen LogP contribution in [-0.2, 0) is 21.4 Å². The van der Waals surface area contributed by atoms with Crippen molar-refractivity contribution in [3.8, 4) is 17.2 Å². The Hall–Kier alpha value is -2.78. The first-order valence-corrected chi connectivity index (χ1v) is 11.8. The molecule has 8 nitrogen and oxygen atoms in total. The molecule has 1 fully saturated rings. The lowest BCUT2D eigenvalue weighted by atomic mass is 9.98. The van der Waals surface area contributed by atoms with E-state index in [2.05, 4.69) is 5.32 Å². The van der Waals surface area contributed by atoms with Crippen LogP contribution < -0.4 is 19.5 Å². The van der Waals surface area contributed by atoms with Crippen LogP contribution in [0.25, 0.3) is 0 Å². The van der Waals surface area contributed by atoms with E-state index < -0.39 is 10.0 Å². The molecule has 9 heteroatoms. The van der Waals surface area contributed by atoms with Gasteiger partial charge in [0.15, 0.2) is 11.5 Å². The molecule has 31 heavy (non-hydrogen) atoms. The SMILES string of the molecule is CCOc1ccc(S(=O)(=O)N2CCC[C@H](C(=O)NCc3ccc4c(c3)OCO4)C2)cc1. The van der Waals surface area contributed by atoms with E-state index in [-0.39, 0.29) is 30.1 Å². The van der Waals surface area contributed by atoms with E-state index in [1.54, 1.807) is 24.3 Å². The van der Waals surface area contributed by atoms with Gasteiger partial charge in [-0.3, -0.25) is 4.79 Å². The molecule has 1 amide bonds. The molecule has 0 bridgehead atoms. The van der Waals surface area contributed by atoms with Crippen LogP contribution in [0.4, 0.5) is 0 Å². The predicted octanol–water partition coefficient (Wildman–Crippen LogP) is 2.53. The van der Waals surface area contributed by atoms with E-state index in [1.807, 2.05) is 25.1 Å². The van der Waals surface area contributed by atoms with Gasteiger partial charge in [0.2, 0.25) is 22.7 Å². The number of hydrogen-bond acceptors (Lipinski definition) is 6. The van der Waals surface area contributed by atoms with Crippen LogP contribution in [0.15, 0.2) is 47.4 Å². The quantitative estimate of drug-likeness (QED) is 0.703. The number of amides is 1. The highest BCUT2D eigenvalue weighted by Crippen LogP contribution is 2.32. The summed E-state index contributed by atoms with van der Waals surface area (Å²) in [6.45, 7) is 3.50. The Morgan fingerprint density at radius 2 is 1.94 bits per heavy atom. The molecule has 0 aliphatic carbocycles. The first-order chi connectivity index (χ1) is 15.0. The van der Waals surface area contributed by atoms with E-state index in [4.69, 9.17) is 14.2 Å². The van der Waals surface area contributed by atoms with Crippen molar-refractivity contribution in [3.63, 3.8) is 0 Å². The average Bonchev–Trinajstić information content (AvgIpc) is 3.26.